The van der Waals surface area contributed by atoms with E-state index in [0.717, 1.165) is 57.9 Å². The first-order valence-electron chi connectivity index (χ1n) is 9.98. The summed E-state index contributed by atoms with van der Waals surface area (Å²) in [6.07, 6.45) is 1.94. The maximum absolute atomic E-state index is 13.1. The van der Waals surface area contributed by atoms with Crippen LogP contribution in [0, 0.1) is 5.92 Å². The molecule has 2 aliphatic heterocycles. The molecule has 0 saturated carbocycles. The molecule has 0 spiro atoms. The highest BCUT2D eigenvalue weighted by molar-refractivity contribution is 6.29. The Morgan fingerprint density at radius 2 is 1.79 bits per heavy atom. The number of halogens is 1. The molecule has 1 amide bonds. The average molecular weight is 400 g/mol. The van der Waals surface area contributed by atoms with Crippen molar-refractivity contribution in [1.82, 2.24) is 20.0 Å². The second-order valence-corrected chi connectivity index (χ2v) is 7.97. The summed E-state index contributed by atoms with van der Waals surface area (Å²) in [4.78, 5) is 19.7. The minimum absolute atomic E-state index is 0.0342. The summed E-state index contributed by atoms with van der Waals surface area (Å²) in [5.41, 5.74) is 1.33. The smallest absolute Gasteiger partial charge is 0.227 e. The molecular formula is C21H26ClN5O. The van der Waals surface area contributed by atoms with E-state index in [1.807, 2.05) is 17.0 Å². The zero-order valence-corrected chi connectivity index (χ0v) is 16.8. The van der Waals surface area contributed by atoms with E-state index in [4.69, 9.17) is 11.6 Å². The van der Waals surface area contributed by atoms with Gasteiger partial charge < -0.3 is 9.80 Å². The quantitative estimate of drug-likeness (QED) is 0.791. The molecular weight excluding hydrogens is 374 g/mol. The van der Waals surface area contributed by atoms with Crippen molar-refractivity contribution in [3.05, 3.63) is 53.2 Å². The summed E-state index contributed by atoms with van der Waals surface area (Å²) >= 11 is 5.84. The highest BCUT2D eigenvalue weighted by atomic mass is 35.5. The fourth-order valence-electron chi connectivity index (χ4n) is 4.09. The van der Waals surface area contributed by atoms with E-state index in [1.54, 1.807) is 6.07 Å². The Balaban J connectivity index is 1.30. The molecule has 6 nitrogen and oxygen atoms in total. The van der Waals surface area contributed by atoms with Crippen molar-refractivity contribution in [3.63, 3.8) is 0 Å². The first-order chi connectivity index (χ1) is 13.7. The zero-order valence-electron chi connectivity index (χ0n) is 16.0. The Morgan fingerprint density at radius 3 is 2.50 bits per heavy atom. The maximum atomic E-state index is 13.1. The highest BCUT2D eigenvalue weighted by Crippen LogP contribution is 2.24. The predicted molar refractivity (Wildman–Crippen MR) is 110 cm³/mol. The number of nitrogens with zero attached hydrogens (tertiary/aromatic N) is 5. The number of piperidine rings is 1. The van der Waals surface area contributed by atoms with E-state index < -0.39 is 0 Å². The molecule has 0 bridgehead atoms. The van der Waals surface area contributed by atoms with Crippen LogP contribution in [0.1, 0.15) is 18.4 Å². The number of rotatable bonds is 4. The van der Waals surface area contributed by atoms with Crippen molar-refractivity contribution in [2.75, 3.05) is 44.2 Å². The van der Waals surface area contributed by atoms with Gasteiger partial charge in [-0.15, -0.1) is 10.2 Å². The van der Waals surface area contributed by atoms with Gasteiger partial charge in [0.1, 0.15) is 0 Å². The van der Waals surface area contributed by atoms with Crippen LogP contribution >= 0.6 is 11.6 Å². The number of carbonyl (C=O) groups is 1. The molecule has 28 heavy (non-hydrogen) atoms. The molecule has 4 rings (SSSR count). The summed E-state index contributed by atoms with van der Waals surface area (Å²) in [7, 11) is 0. The van der Waals surface area contributed by atoms with Gasteiger partial charge in [0.2, 0.25) is 5.91 Å². The Labute approximate surface area is 171 Å². The Kier molecular flexibility index (Phi) is 6.07. The number of carbonyl (C=O) groups excluding carboxylic acids is 1. The van der Waals surface area contributed by atoms with Gasteiger partial charge in [-0.2, -0.15) is 0 Å². The van der Waals surface area contributed by atoms with Crippen molar-refractivity contribution < 1.29 is 4.79 Å². The van der Waals surface area contributed by atoms with Crippen LogP contribution < -0.4 is 4.90 Å². The van der Waals surface area contributed by atoms with Crippen LogP contribution in [0.5, 0.6) is 0 Å². The predicted octanol–water partition coefficient (Wildman–Crippen LogP) is 2.69. The van der Waals surface area contributed by atoms with Crippen LogP contribution in [0.3, 0.4) is 0 Å². The van der Waals surface area contributed by atoms with Crippen LogP contribution in [-0.4, -0.2) is 65.2 Å². The first-order valence-corrected chi connectivity index (χ1v) is 10.4. The summed E-state index contributed by atoms with van der Waals surface area (Å²) in [6.45, 7) is 6.05. The van der Waals surface area contributed by atoms with Gasteiger partial charge in [-0.05, 0) is 30.5 Å². The number of aromatic nitrogens is 2. The second kappa shape index (κ2) is 8.88. The van der Waals surface area contributed by atoms with E-state index in [1.165, 1.54) is 5.56 Å². The second-order valence-electron chi connectivity index (χ2n) is 7.59. The highest BCUT2D eigenvalue weighted by Gasteiger charge is 2.31. The molecule has 2 aromatic rings. The molecule has 1 aromatic carbocycles. The lowest BCUT2D eigenvalue weighted by molar-refractivity contribution is -0.137. The van der Waals surface area contributed by atoms with E-state index >= 15 is 0 Å². The lowest BCUT2D eigenvalue weighted by Crippen LogP contribution is -2.52. The lowest BCUT2D eigenvalue weighted by atomic mass is 9.96. The van der Waals surface area contributed by atoms with Gasteiger partial charge in [-0.1, -0.05) is 41.9 Å². The van der Waals surface area contributed by atoms with Gasteiger partial charge in [0, 0.05) is 45.8 Å². The molecule has 0 N–H and O–H groups in total. The Morgan fingerprint density at radius 1 is 1.00 bits per heavy atom. The molecule has 2 aliphatic rings. The topological polar surface area (TPSA) is 52.6 Å². The molecule has 0 unspecified atom stereocenters. The van der Waals surface area contributed by atoms with Gasteiger partial charge in [-0.25, -0.2) is 0 Å². The minimum Gasteiger partial charge on any atom is -0.354 e. The van der Waals surface area contributed by atoms with E-state index in [-0.39, 0.29) is 11.8 Å². The van der Waals surface area contributed by atoms with Gasteiger partial charge in [0.25, 0.3) is 0 Å². The zero-order chi connectivity index (χ0) is 19.3. The largest absolute Gasteiger partial charge is 0.354 e. The molecule has 2 saturated heterocycles. The Bertz CT molecular complexity index is 777. The number of amides is 1. The van der Waals surface area contributed by atoms with Crippen molar-refractivity contribution in [1.29, 1.82) is 0 Å². The Hall–Kier alpha value is -2.18. The molecule has 2 fully saturated rings. The fourth-order valence-corrected chi connectivity index (χ4v) is 4.19. The van der Waals surface area contributed by atoms with E-state index in [9.17, 15) is 4.79 Å². The van der Waals surface area contributed by atoms with Crippen LogP contribution in [0.15, 0.2) is 42.5 Å². The maximum Gasteiger partial charge on any atom is 0.227 e. The van der Waals surface area contributed by atoms with Crippen molar-refractivity contribution >= 4 is 23.3 Å². The van der Waals surface area contributed by atoms with Crippen LogP contribution in [0.2, 0.25) is 5.15 Å². The first kappa shape index (κ1) is 19.2. The fraction of sp³-hybridized carbons (Fsp3) is 0.476. The molecule has 1 atom stereocenters. The summed E-state index contributed by atoms with van der Waals surface area (Å²) < 4.78 is 0. The van der Waals surface area contributed by atoms with E-state index in [0.29, 0.717) is 11.7 Å². The number of piperazine rings is 1. The lowest BCUT2D eigenvalue weighted by Gasteiger charge is -2.39. The number of hydrogen-bond acceptors (Lipinski definition) is 5. The number of anilines is 1. The molecule has 1 aromatic heterocycles. The average Bonchev–Trinajstić information content (AvgIpc) is 2.75. The molecule has 7 heteroatoms. The monoisotopic (exact) mass is 399 g/mol. The normalized spacial score (nSPS) is 21.0. The third kappa shape index (κ3) is 4.62. The third-order valence-electron chi connectivity index (χ3n) is 5.65. The molecule has 148 valence electrons. The standard InChI is InChI=1S/C21H26ClN5O/c22-19-8-9-20(24-23-19)27-10-4-7-18(16-27)21(28)26-13-11-25(12-14-26)15-17-5-2-1-3-6-17/h1-3,5-6,8-9,18H,4,7,10-16H2/t18-/m1/s1. The molecule has 3 heterocycles. The van der Waals surface area contributed by atoms with Crippen LogP contribution in [0.4, 0.5) is 5.82 Å². The summed E-state index contributed by atoms with van der Waals surface area (Å²) in [5.74, 6) is 1.12. The summed E-state index contributed by atoms with van der Waals surface area (Å²) in [6, 6.07) is 14.2. The van der Waals surface area contributed by atoms with Gasteiger partial charge in [0.05, 0.1) is 5.92 Å². The minimum atomic E-state index is 0.0342. The van der Waals surface area contributed by atoms with Crippen LogP contribution in [0.25, 0.3) is 0 Å². The number of hydrogen-bond donors (Lipinski definition) is 0. The van der Waals surface area contributed by atoms with Crippen LogP contribution in [-0.2, 0) is 11.3 Å². The third-order valence-corrected chi connectivity index (χ3v) is 5.85. The summed E-state index contributed by atoms with van der Waals surface area (Å²) in [5, 5.41) is 8.49. The molecule has 0 aliphatic carbocycles. The van der Waals surface area contributed by atoms with Crippen molar-refractivity contribution in [3.8, 4) is 0 Å². The van der Waals surface area contributed by atoms with Gasteiger partial charge in [-0.3, -0.25) is 9.69 Å². The van der Waals surface area contributed by atoms with Crippen molar-refractivity contribution in [2.45, 2.75) is 19.4 Å². The van der Waals surface area contributed by atoms with Gasteiger partial charge >= 0.3 is 0 Å². The van der Waals surface area contributed by atoms with Crippen molar-refractivity contribution in [2.24, 2.45) is 5.92 Å². The SMILES string of the molecule is O=C([C@@H]1CCCN(c2ccc(Cl)nn2)C1)N1CCN(Cc2ccccc2)CC1. The number of benzene rings is 1. The molecule has 0 radical (unpaired) electrons. The van der Waals surface area contributed by atoms with E-state index in [2.05, 4.69) is 44.3 Å². The van der Waals surface area contributed by atoms with Gasteiger partial charge in [0.15, 0.2) is 11.0 Å².